The molecular formula is C11H14FNO. The molecule has 0 bridgehead atoms. The molecule has 0 aliphatic rings. The van der Waals surface area contributed by atoms with Crippen LogP contribution in [0.1, 0.15) is 24.2 Å². The van der Waals surface area contributed by atoms with Crippen molar-refractivity contribution in [3.63, 3.8) is 0 Å². The zero-order valence-corrected chi connectivity index (χ0v) is 8.46. The molecule has 0 atom stereocenters. The van der Waals surface area contributed by atoms with Crippen LogP contribution in [0.15, 0.2) is 18.2 Å². The number of rotatable bonds is 4. The van der Waals surface area contributed by atoms with Crippen LogP contribution in [0.2, 0.25) is 0 Å². The van der Waals surface area contributed by atoms with Crippen molar-refractivity contribution in [3.8, 4) is 0 Å². The van der Waals surface area contributed by atoms with Gasteiger partial charge in [-0.15, -0.1) is 0 Å². The van der Waals surface area contributed by atoms with Crippen molar-refractivity contribution in [1.29, 1.82) is 0 Å². The molecule has 1 rings (SSSR count). The molecule has 0 heterocycles. The van der Waals surface area contributed by atoms with Crippen LogP contribution in [-0.2, 0) is 0 Å². The van der Waals surface area contributed by atoms with Gasteiger partial charge < -0.3 is 4.90 Å². The molecule has 0 unspecified atom stereocenters. The maximum Gasteiger partial charge on any atom is 0.155 e. The summed E-state index contributed by atoms with van der Waals surface area (Å²) in [4.78, 5) is 12.7. The van der Waals surface area contributed by atoms with Crippen LogP contribution in [-0.4, -0.2) is 19.4 Å². The summed E-state index contributed by atoms with van der Waals surface area (Å²) in [6.45, 7) is 5.48. The molecule has 1 aromatic carbocycles. The summed E-state index contributed by atoms with van der Waals surface area (Å²) in [5.41, 5.74) is 0.821. The maximum atomic E-state index is 13.2. The summed E-state index contributed by atoms with van der Waals surface area (Å²) in [5.74, 6) is -0.454. The summed E-state index contributed by atoms with van der Waals surface area (Å²) < 4.78 is 13.2. The molecule has 1 aromatic rings. The van der Waals surface area contributed by atoms with Crippen molar-refractivity contribution in [2.24, 2.45) is 0 Å². The Kier molecular flexibility index (Phi) is 3.63. The van der Waals surface area contributed by atoms with Crippen LogP contribution in [0.25, 0.3) is 0 Å². The normalized spacial score (nSPS) is 9.93. The first-order chi connectivity index (χ1) is 6.74. The Labute approximate surface area is 83.3 Å². The molecule has 76 valence electrons. The van der Waals surface area contributed by atoms with Gasteiger partial charge in [-0.2, -0.15) is 0 Å². The number of hydrogen-bond donors (Lipinski definition) is 0. The number of hydrogen-bond acceptors (Lipinski definition) is 2. The molecule has 0 fully saturated rings. The molecule has 0 aliphatic carbocycles. The van der Waals surface area contributed by atoms with E-state index in [1.165, 1.54) is 6.07 Å². The average molecular weight is 195 g/mol. The van der Waals surface area contributed by atoms with Gasteiger partial charge in [0.2, 0.25) is 0 Å². The number of nitrogens with zero attached hydrogens (tertiary/aromatic N) is 1. The lowest BCUT2D eigenvalue weighted by Crippen LogP contribution is -2.23. The van der Waals surface area contributed by atoms with E-state index < -0.39 is 5.82 Å². The highest BCUT2D eigenvalue weighted by molar-refractivity contribution is 5.84. The van der Waals surface area contributed by atoms with Crippen LogP contribution >= 0.6 is 0 Å². The monoisotopic (exact) mass is 195 g/mol. The fraction of sp³-hybridized carbons (Fsp3) is 0.364. The lowest BCUT2D eigenvalue weighted by atomic mass is 10.1. The van der Waals surface area contributed by atoms with Crippen molar-refractivity contribution in [3.05, 3.63) is 29.6 Å². The third-order valence-corrected chi connectivity index (χ3v) is 2.25. The lowest BCUT2D eigenvalue weighted by Gasteiger charge is -2.22. The lowest BCUT2D eigenvalue weighted by molar-refractivity contribution is 0.112. The summed E-state index contributed by atoms with van der Waals surface area (Å²) >= 11 is 0. The number of carbonyl (C=O) groups is 1. The van der Waals surface area contributed by atoms with E-state index in [2.05, 4.69) is 0 Å². The Bertz CT molecular complexity index is 321. The van der Waals surface area contributed by atoms with E-state index in [0.717, 1.165) is 13.1 Å². The Hall–Kier alpha value is -1.38. The van der Waals surface area contributed by atoms with Gasteiger partial charge in [0.25, 0.3) is 0 Å². The van der Waals surface area contributed by atoms with E-state index in [1.54, 1.807) is 12.1 Å². The van der Waals surface area contributed by atoms with E-state index in [1.807, 2.05) is 18.7 Å². The summed E-state index contributed by atoms with van der Waals surface area (Å²) in [6.07, 6.45) is 0.572. The third kappa shape index (κ3) is 1.92. The highest BCUT2D eigenvalue weighted by Gasteiger charge is 2.11. The number of anilines is 1. The zero-order chi connectivity index (χ0) is 10.6. The second-order valence-electron chi connectivity index (χ2n) is 2.96. The van der Waals surface area contributed by atoms with Crippen molar-refractivity contribution in [1.82, 2.24) is 0 Å². The van der Waals surface area contributed by atoms with Crippen LogP contribution in [0, 0.1) is 5.82 Å². The minimum Gasteiger partial charge on any atom is -0.371 e. The van der Waals surface area contributed by atoms with Gasteiger partial charge in [0.05, 0.1) is 11.3 Å². The largest absolute Gasteiger partial charge is 0.371 e. The average Bonchev–Trinajstić information content (AvgIpc) is 2.20. The highest BCUT2D eigenvalue weighted by atomic mass is 19.1. The standard InChI is InChI=1S/C11H14FNO/c1-3-13(4-2)11-7-5-6-10(12)9(11)8-14/h5-8H,3-4H2,1-2H3. The van der Waals surface area contributed by atoms with E-state index in [-0.39, 0.29) is 5.56 Å². The summed E-state index contributed by atoms with van der Waals surface area (Å²) in [5, 5.41) is 0. The highest BCUT2D eigenvalue weighted by Crippen LogP contribution is 2.21. The van der Waals surface area contributed by atoms with E-state index in [0.29, 0.717) is 12.0 Å². The van der Waals surface area contributed by atoms with Gasteiger partial charge >= 0.3 is 0 Å². The first kappa shape index (κ1) is 10.7. The van der Waals surface area contributed by atoms with Gasteiger partial charge in [-0.05, 0) is 26.0 Å². The molecule has 0 saturated heterocycles. The van der Waals surface area contributed by atoms with Crippen LogP contribution in [0.4, 0.5) is 10.1 Å². The van der Waals surface area contributed by atoms with Gasteiger partial charge in [-0.1, -0.05) is 6.07 Å². The second-order valence-corrected chi connectivity index (χ2v) is 2.96. The molecule has 2 nitrogen and oxygen atoms in total. The summed E-state index contributed by atoms with van der Waals surface area (Å²) in [6, 6.07) is 4.69. The molecule has 0 saturated carbocycles. The van der Waals surface area contributed by atoms with Crippen molar-refractivity contribution in [2.45, 2.75) is 13.8 Å². The first-order valence-corrected chi connectivity index (χ1v) is 4.73. The third-order valence-electron chi connectivity index (χ3n) is 2.25. The Morgan fingerprint density at radius 2 is 2.00 bits per heavy atom. The molecule has 14 heavy (non-hydrogen) atoms. The maximum absolute atomic E-state index is 13.2. The Morgan fingerprint density at radius 1 is 1.36 bits per heavy atom. The number of benzene rings is 1. The van der Waals surface area contributed by atoms with Gasteiger partial charge in [0.1, 0.15) is 5.82 Å². The zero-order valence-electron chi connectivity index (χ0n) is 8.46. The predicted molar refractivity (Wildman–Crippen MR) is 55.3 cm³/mol. The van der Waals surface area contributed by atoms with Crippen LogP contribution < -0.4 is 4.90 Å². The number of aldehydes is 1. The Balaban J connectivity index is 3.18. The molecule has 0 radical (unpaired) electrons. The van der Waals surface area contributed by atoms with Crippen LogP contribution in [0.5, 0.6) is 0 Å². The van der Waals surface area contributed by atoms with Gasteiger partial charge in [-0.25, -0.2) is 4.39 Å². The molecule has 0 amide bonds. The topological polar surface area (TPSA) is 20.3 Å². The molecular weight excluding hydrogens is 181 g/mol. The molecule has 0 aromatic heterocycles. The van der Waals surface area contributed by atoms with Crippen LogP contribution in [0.3, 0.4) is 0 Å². The quantitative estimate of drug-likeness (QED) is 0.688. The molecule has 0 spiro atoms. The van der Waals surface area contributed by atoms with E-state index in [9.17, 15) is 9.18 Å². The fourth-order valence-corrected chi connectivity index (χ4v) is 1.48. The minimum atomic E-state index is -0.454. The minimum absolute atomic E-state index is 0.149. The summed E-state index contributed by atoms with van der Waals surface area (Å²) in [7, 11) is 0. The number of carbonyl (C=O) groups excluding carboxylic acids is 1. The van der Waals surface area contributed by atoms with Crippen molar-refractivity contribution >= 4 is 12.0 Å². The van der Waals surface area contributed by atoms with Gasteiger partial charge in [-0.3, -0.25) is 4.79 Å². The Morgan fingerprint density at radius 3 is 2.50 bits per heavy atom. The SMILES string of the molecule is CCN(CC)c1cccc(F)c1C=O. The fourth-order valence-electron chi connectivity index (χ4n) is 1.48. The molecule has 0 N–H and O–H groups in total. The van der Waals surface area contributed by atoms with E-state index >= 15 is 0 Å². The van der Waals surface area contributed by atoms with Gasteiger partial charge in [0, 0.05) is 13.1 Å². The molecule has 3 heteroatoms. The molecule has 0 aliphatic heterocycles. The predicted octanol–water partition coefficient (Wildman–Crippen LogP) is 2.48. The smallest absolute Gasteiger partial charge is 0.155 e. The van der Waals surface area contributed by atoms with Crippen molar-refractivity contribution in [2.75, 3.05) is 18.0 Å². The van der Waals surface area contributed by atoms with Gasteiger partial charge in [0.15, 0.2) is 6.29 Å². The van der Waals surface area contributed by atoms with E-state index in [4.69, 9.17) is 0 Å². The first-order valence-electron chi connectivity index (χ1n) is 4.73. The van der Waals surface area contributed by atoms with Crippen molar-refractivity contribution < 1.29 is 9.18 Å². The number of halogens is 1. The second kappa shape index (κ2) is 4.74.